The Kier molecular flexibility index (Phi) is 5.51. The maximum absolute atomic E-state index is 10.8. The highest BCUT2D eigenvalue weighted by atomic mass is 32.2. The smallest absolute Gasteiger partial charge is 0.148 e. The largest absolute Gasteiger partial charge is 0.380 e. The Morgan fingerprint density at radius 3 is 2.31 bits per heavy atom. The molecular weight excluding hydrogens is 190 g/mol. The Balaban J connectivity index is 3.65. The van der Waals surface area contributed by atoms with Gasteiger partial charge in [0.1, 0.15) is 9.84 Å². The van der Waals surface area contributed by atoms with Crippen LogP contribution in [0.25, 0.3) is 0 Å². The van der Waals surface area contributed by atoms with Crippen LogP contribution in [0.2, 0.25) is 0 Å². The second kappa shape index (κ2) is 5.57. The summed E-state index contributed by atoms with van der Waals surface area (Å²) in [5.41, 5.74) is 0. The molecule has 0 heterocycles. The lowest BCUT2D eigenvalue weighted by Crippen LogP contribution is -2.39. The molecule has 0 aromatic carbocycles. The van der Waals surface area contributed by atoms with Crippen molar-refractivity contribution >= 4 is 9.84 Å². The zero-order valence-corrected chi connectivity index (χ0v) is 9.52. The molecule has 0 spiro atoms. The molecular formula is C8H19NO3S. The topological polar surface area (TPSA) is 55.4 Å². The van der Waals surface area contributed by atoms with E-state index in [1.807, 2.05) is 13.8 Å². The fourth-order valence-corrected chi connectivity index (χ4v) is 1.33. The number of ether oxygens (including phenoxy) is 1. The first-order valence-corrected chi connectivity index (χ1v) is 6.36. The Morgan fingerprint density at radius 1 is 1.38 bits per heavy atom. The second-order valence-corrected chi connectivity index (χ2v) is 5.57. The fourth-order valence-electron chi connectivity index (χ4n) is 0.842. The van der Waals surface area contributed by atoms with Crippen LogP contribution in [-0.2, 0) is 14.6 Å². The normalized spacial score (nSPS) is 16.9. The van der Waals surface area contributed by atoms with Gasteiger partial charge in [-0.15, -0.1) is 0 Å². The minimum atomic E-state index is -2.86. The van der Waals surface area contributed by atoms with Crippen molar-refractivity contribution in [1.82, 2.24) is 5.32 Å². The van der Waals surface area contributed by atoms with Crippen LogP contribution in [0.1, 0.15) is 13.8 Å². The van der Waals surface area contributed by atoms with Gasteiger partial charge in [0.05, 0.1) is 11.9 Å². The molecule has 80 valence electrons. The molecule has 0 aromatic rings. The average molecular weight is 209 g/mol. The summed E-state index contributed by atoms with van der Waals surface area (Å²) in [5, 5.41) is 3.09. The maximum Gasteiger partial charge on any atom is 0.148 e. The third-order valence-electron chi connectivity index (χ3n) is 2.02. The Bertz CT molecular complexity index is 226. The molecule has 0 aliphatic heterocycles. The van der Waals surface area contributed by atoms with Crippen LogP contribution in [0.5, 0.6) is 0 Å². The third-order valence-corrected chi connectivity index (χ3v) is 2.96. The van der Waals surface area contributed by atoms with Crippen molar-refractivity contribution in [3.05, 3.63) is 0 Å². The Morgan fingerprint density at radius 2 is 1.92 bits per heavy atom. The van der Waals surface area contributed by atoms with Gasteiger partial charge in [-0.2, -0.15) is 0 Å². The lowest BCUT2D eigenvalue weighted by atomic mass is 10.2. The first-order chi connectivity index (χ1) is 5.87. The Labute approximate surface area is 80.6 Å². The van der Waals surface area contributed by atoms with E-state index in [9.17, 15) is 8.42 Å². The van der Waals surface area contributed by atoms with Crippen LogP contribution < -0.4 is 5.32 Å². The Hall–Kier alpha value is -0.130. The molecule has 2 unspecified atom stereocenters. The molecule has 13 heavy (non-hydrogen) atoms. The van der Waals surface area contributed by atoms with Gasteiger partial charge in [0.15, 0.2) is 0 Å². The molecule has 0 saturated carbocycles. The predicted octanol–water partition coefficient (Wildman–Crippen LogP) is 0.0440. The molecule has 0 saturated heterocycles. The fraction of sp³-hybridized carbons (Fsp3) is 1.00. The number of rotatable bonds is 6. The van der Waals surface area contributed by atoms with Gasteiger partial charge in [-0.25, -0.2) is 8.42 Å². The van der Waals surface area contributed by atoms with Crippen molar-refractivity contribution in [3.63, 3.8) is 0 Å². The summed E-state index contributed by atoms with van der Waals surface area (Å²) in [6.07, 6.45) is 1.33. The minimum absolute atomic E-state index is 0.0968. The van der Waals surface area contributed by atoms with Crippen LogP contribution in [0.4, 0.5) is 0 Å². The lowest BCUT2D eigenvalue weighted by Gasteiger charge is -2.19. The minimum Gasteiger partial charge on any atom is -0.380 e. The van der Waals surface area contributed by atoms with Crippen LogP contribution >= 0.6 is 0 Å². The highest BCUT2D eigenvalue weighted by Gasteiger charge is 2.10. The zero-order chi connectivity index (χ0) is 10.5. The molecule has 0 rings (SSSR count). The van der Waals surface area contributed by atoms with E-state index in [2.05, 4.69) is 5.32 Å². The van der Waals surface area contributed by atoms with Crippen LogP contribution in [0.3, 0.4) is 0 Å². The zero-order valence-electron chi connectivity index (χ0n) is 8.70. The molecule has 0 aliphatic rings. The summed E-state index contributed by atoms with van der Waals surface area (Å²) in [4.78, 5) is 0. The third kappa shape index (κ3) is 6.98. The van der Waals surface area contributed by atoms with E-state index >= 15 is 0 Å². The molecule has 0 radical (unpaired) electrons. The molecule has 0 amide bonds. The molecule has 0 aromatic heterocycles. The second-order valence-electron chi connectivity index (χ2n) is 3.31. The lowest BCUT2D eigenvalue weighted by molar-refractivity contribution is 0.0895. The van der Waals surface area contributed by atoms with Crippen LogP contribution in [-0.4, -0.2) is 46.2 Å². The van der Waals surface area contributed by atoms with Gasteiger partial charge in [-0.3, -0.25) is 0 Å². The van der Waals surface area contributed by atoms with Gasteiger partial charge < -0.3 is 10.1 Å². The van der Waals surface area contributed by atoms with E-state index in [0.717, 1.165) is 0 Å². The predicted molar refractivity (Wildman–Crippen MR) is 53.6 cm³/mol. The van der Waals surface area contributed by atoms with Crippen LogP contribution in [0, 0.1) is 0 Å². The summed E-state index contributed by atoms with van der Waals surface area (Å²) < 4.78 is 26.6. The van der Waals surface area contributed by atoms with E-state index in [4.69, 9.17) is 4.74 Å². The van der Waals surface area contributed by atoms with E-state index in [0.29, 0.717) is 6.54 Å². The highest BCUT2D eigenvalue weighted by Crippen LogP contribution is 1.95. The van der Waals surface area contributed by atoms with Gasteiger partial charge in [-0.1, -0.05) is 0 Å². The molecule has 5 heteroatoms. The van der Waals surface area contributed by atoms with E-state index in [-0.39, 0.29) is 17.9 Å². The number of methoxy groups -OCH3 is 1. The molecule has 0 aliphatic carbocycles. The van der Waals surface area contributed by atoms with Crippen molar-refractivity contribution in [2.75, 3.05) is 25.7 Å². The first-order valence-electron chi connectivity index (χ1n) is 4.30. The van der Waals surface area contributed by atoms with Crippen molar-refractivity contribution in [3.8, 4) is 0 Å². The highest BCUT2D eigenvalue weighted by molar-refractivity contribution is 7.90. The molecule has 2 atom stereocenters. The quantitative estimate of drug-likeness (QED) is 0.671. The van der Waals surface area contributed by atoms with Crippen molar-refractivity contribution in [2.24, 2.45) is 0 Å². The van der Waals surface area contributed by atoms with Gasteiger partial charge in [0.25, 0.3) is 0 Å². The van der Waals surface area contributed by atoms with Crippen molar-refractivity contribution < 1.29 is 13.2 Å². The average Bonchev–Trinajstić information content (AvgIpc) is 2.00. The number of hydrogen-bond donors (Lipinski definition) is 1. The van der Waals surface area contributed by atoms with Gasteiger partial charge >= 0.3 is 0 Å². The summed E-state index contributed by atoms with van der Waals surface area (Å²) in [6, 6.07) is 0.173. The molecule has 1 N–H and O–H groups in total. The van der Waals surface area contributed by atoms with Gasteiger partial charge in [0, 0.05) is 26.0 Å². The first kappa shape index (κ1) is 12.9. The molecule has 0 bridgehead atoms. The summed E-state index contributed by atoms with van der Waals surface area (Å²) >= 11 is 0. The standard InChI is InChI=1S/C8H19NO3S/c1-7(8(2)12-3)9-5-6-13(4,10)11/h7-9H,5-6H2,1-4H3. The van der Waals surface area contributed by atoms with Crippen molar-refractivity contribution in [1.29, 1.82) is 0 Å². The van der Waals surface area contributed by atoms with Crippen molar-refractivity contribution in [2.45, 2.75) is 26.0 Å². The van der Waals surface area contributed by atoms with Gasteiger partial charge in [-0.05, 0) is 13.8 Å². The number of nitrogens with one attached hydrogen (secondary N) is 1. The van der Waals surface area contributed by atoms with E-state index < -0.39 is 9.84 Å². The summed E-state index contributed by atoms with van der Waals surface area (Å²) in [5.74, 6) is 0.174. The molecule has 0 fully saturated rings. The number of sulfone groups is 1. The number of hydrogen-bond acceptors (Lipinski definition) is 4. The van der Waals surface area contributed by atoms with Crippen LogP contribution in [0.15, 0.2) is 0 Å². The summed E-state index contributed by atoms with van der Waals surface area (Å²) in [6.45, 7) is 4.39. The SMILES string of the molecule is COC(C)C(C)NCCS(C)(=O)=O. The molecule has 4 nitrogen and oxygen atoms in total. The van der Waals surface area contributed by atoms with E-state index in [1.165, 1.54) is 6.26 Å². The monoisotopic (exact) mass is 209 g/mol. The van der Waals surface area contributed by atoms with E-state index in [1.54, 1.807) is 7.11 Å². The van der Waals surface area contributed by atoms with Gasteiger partial charge in [0.2, 0.25) is 0 Å². The maximum atomic E-state index is 10.8. The summed E-state index contributed by atoms with van der Waals surface area (Å²) in [7, 11) is -1.22.